The monoisotopic (exact) mass is 278 g/mol. The highest BCUT2D eigenvalue weighted by molar-refractivity contribution is 5.56. The minimum absolute atomic E-state index is 0.147. The number of anilines is 1. The second kappa shape index (κ2) is 6.57. The SMILES string of the molecule is CCNC(C)c1cc(F)ccc1N1CCCC(C)C1C. The van der Waals surface area contributed by atoms with E-state index in [2.05, 4.69) is 37.9 Å². The molecule has 3 unspecified atom stereocenters. The average molecular weight is 278 g/mol. The highest BCUT2D eigenvalue weighted by atomic mass is 19.1. The number of hydrogen-bond donors (Lipinski definition) is 1. The third-order valence-electron chi connectivity index (χ3n) is 4.65. The number of piperidine rings is 1. The number of benzene rings is 1. The summed E-state index contributed by atoms with van der Waals surface area (Å²) in [5, 5.41) is 3.40. The van der Waals surface area contributed by atoms with E-state index in [1.165, 1.54) is 18.5 Å². The summed E-state index contributed by atoms with van der Waals surface area (Å²) in [6, 6.07) is 5.92. The molecule has 112 valence electrons. The highest BCUT2D eigenvalue weighted by Gasteiger charge is 2.27. The number of rotatable bonds is 4. The van der Waals surface area contributed by atoms with Crippen LogP contribution in [0, 0.1) is 11.7 Å². The van der Waals surface area contributed by atoms with E-state index in [0.29, 0.717) is 12.0 Å². The summed E-state index contributed by atoms with van der Waals surface area (Å²) in [5.74, 6) is 0.544. The fourth-order valence-corrected chi connectivity index (χ4v) is 3.23. The predicted octanol–water partition coefficient (Wildman–Crippen LogP) is 4.12. The molecule has 0 saturated carbocycles. The van der Waals surface area contributed by atoms with Crippen LogP contribution in [-0.4, -0.2) is 19.1 Å². The van der Waals surface area contributed by atoms with Gasteiger partial charge in [-0.2, -0.15) is 0 Å². The van der Waals surface area contributed by atoms with E-state index in [4.69, 9.17) is 0 Å². The molecule has 3 atom stereocenters. The van der Waals surface area contributed by atoms with E-state index >= 15 is 0 Å². The number of hydrogen-bond acceptors (Lipinski definition) is 2. The van der Waals surface area contributed by atoms with Crippen LogP contribution < -0.4 is 10.2 Å². The van der Waals surface area contributed by atoms with Crippen molar-refractivity contribution >= 4 is 5.69 Å². The average Bonchev–Trinajstić information content (AvgIpc) is 2.42. The van der Waals surface area contributed by atoms with Gasteiger partial charge in [-0.1, -0.05) is 13.8 Å². The molecule has 1 aliphatic rings. The fourth-order valence-electron chi connectivity index (χ4n) is 3.23. The lowest BCUT2D eigenvalue weighted by Gasteiger charge is -2.41. The molecule has 1 heterocycles. The van der Waals surface area contributed by atoms with E-state index < -0.39 is 0 Å². The second-order valence-electron chi connectivity index (χ2n) is 6.04. The molecular weight excluding hydrogens is 251 g/mol. The van der Waals surface area contributed by atoms with Gasteiger partial charge >= 0.3 is 0 Å². The van der Waals surface area contributed by atoms with Crippen LogP contribution in [0.3, 0.4) is 0 Å². The lowest BCUT2D eigenvalue weighted by Crippen LogP contribution is -2.43. The molecule has 0 bridgehead atoms. The van der Waals surface area contributed by atoms with Crippen LogP contribution in [0.15, 0.2) is 18.2 Å². The van der Waals surface area contributed by atoms with Crippen molar-refractivity contribution in [3.63, 3.8) is 0 Å². The summed E-state index contributed by atoms with van der Waals surface area (Å²) in [6.45, 7) is 10.8. The predicted molar refractivity (Wildman–Crippen MR) is 83.7 cm³/mol. The molecule has 1 aromatic carbocycles. The minimum atomic E-state index is -0.147. The molecule has 1 aromatic rings. The van der Waals surface area contributed by atoms with E-state index in [1.54, 1.807) is 12.1 Å². The Bertz CT molecular complexity index is 447. The first kappa shape index (κ1) is 15.3. The van der Waals surface area contributed by atoms with Gasteiger partial charge in [0.05, 0.1) is 0 Å². The van der Waals surface area contributed by atoms with Gasteiger partial charge in [-0.05, 0) is 62.9 Å². The van der Waals surface area contributed by atoms with Gasteiger partial charge in [-0.25, -0.2) is 4.39 Å². The van der Waals surface area contributed by atoms with Crippen LogP contribution in [0.1, 0.15) is 52.1 Å². The molecule has 1 N–H and O–H groups in total. The molecule has 0 radical (unpaired) electrons. The Labute approximate surface area is 122 Å². The maximum absolute atomic E-state index is 13.6. The largest absolute Gasteiger partial charge is 0.368 e. The van der Waals surface area contributed by atoms with Crippen molar-refractivity contribution < 1.29 is 4.39 Å². The first-order valence-corrected chi connectivity index (χ1v) is 7.84. The van der Waals surface area contributed by atoms with Crippen LogP contribution in [0.25, 0.3) is 0 Å². The molecular formula is C17H27FN2. The lowest BCUT2D eigenvalue weighted by molar-refractivity contribution is 0.362. The zero-order chi connectivity index (χ0) is 14.7. The molecule has 2 rings (SSSR count). The Kier molecular flexibility index (Phi) is 5.03. The summed E-state index contributed by atoms with van der Waals surface area (Å²) in [7, 11) is 0. The summed E-state index contributed by atoms with van der Waals surface area (Å²) in [5.41, 5.74) is 2.27. The van der Waals surface area contributed by atoms with Crippen molar-refractivity contribution in [1.82, 2.24) is 5.32 Å². The fraction of sp³-hybridized carbons (Fsp3) is 0.647. The first-order chi connectivity index (χ1) is 9.54. The van der Waals surface area contributed by atoms with Gasteiger partial charge in [0.2, 0.25) is 0 Å². The zero-order valence-corrected chi connectivity index (χ0v) is 13.1. The van der Waals surface area contributed by atoms with E-state index in [0.717, 1.165) is 18.7 Å². The lowest BCUT2D eigenvalue weighted by atomic mass is 9.90. The third kappa shape index (κ3) is 3.14. The molecule has 0 aromatic heterocycles. The Balaban J connectivity index is 2.34. The zero-order valence-electron chi connectivity index (χ0n) is 13.1. The van der Waals surface area contributed by atoms with Gasteiger partial charge < -0.3 is 10.2 Å². The maximum atomic E-state index is 13.6. The molecule has 0 aliphatic carbocycles. The Morgan fingerprint density at radius 3 is 2.85 bits per heavy atom. The maximum Gasteiger partial charge on any atom is 0.123 e. The Morgan fingerprint density at radius 2 is 2.15 bits per heavy atom. The highest BCUT2D eigenvalue weighted by Crippen LogP contribution is 2.33. The van der Waals surface area contributed by atoms with Crippen LogP contribution >= 0.6 is 0 Å². The van der Waals surface area contributed by atoms with Crippen LogP contribution in [0.5, 0.6) is 0 Å². The first-order valence-electron chi connectivity index (χ1n) is 7.84. The van der Waals surface area contributed by atoms with Crippen molar-refractivity contribution in [2.75, 3.05) is 18.0 Å². The molecule has 1 saturated heterocycles. The van der Waals surface area contributed by atoms with Crippen LogP contribution in [0.2, 0.25) is 0 Å². The summed E-state index contributed by atoms with van der Waals surface area (Å²) < 4.78 is 13.6. The van der Waals surface area contributed by atoms with Crippen LogP contribution in [-0.2, 0) is 0 Å². The van der Waals surface area contributed by atoms with E-state index in [-0.39, 0.29) is 11.9 Å². The van der Waals surface area contributed by atoms with Crippen molar-refractivity contribution in [3.8, 4) is 0 Å². The van der Waals surface area contributed by atoms with Crippen molar-refractivity contribution in [2.24, 2.45) is 5.92 Å². The van der Waals surface area contributed by atoms with Crippen LogP contribution in [0.4, 0.5) is 10.1 Å². The quantitative estimate of drug-likeness (QED) is 0.891. The van der Waals surface area contributed by atoms with Crippen molar-refractivity contribution in [1.29, 1.82) is 0 Å². The number of halogens is 1. The summed E-state index contributed by atoms with van der Waals surface area (Å²) >= 11 is 0. The smallest absolute Gasteiger partial charge is 0.123 e. The number of nitrogens with zero attached hydrogens (tertiary/aromatic N) is 1. The second-order valence-corrected chi connectivity index (χ2v) is 6.04. The normalized spacial score (nSPS) is 24.8. The Morgan fingerprint density at radius 1 is 1.40 bits per heavy atom. The van der Waals surface area contributed by atoms with E-state index in [1.807, 2.05) is 6.07 Å². The Hall–Kier alpha value is -1.09. The van der Waals surface area contributed by atoms with Gasteiger partial charge in [0.1, 0.15) is 5.82 Å². The summed E-state index contributed by atoms with van der Waals surface area (Å²) in [4.78, 5) is 2.46. The molecule has 1 fully saturated rings. The van der Waals surface area contributed by atoms with Gasteiger partial charge in [0.15, 0.2) is 0 Å². The molecule has 0 spiro atoms. The molecule has 3 heteroatoms. The molecule has 20 heavy (non-hydrogen) atoms. The van der Waals surface area contributed by atoms with Crippen molar-refractivity contribution in [3.05, 3.63) is 29.6 Å². The molecule has 1 aliphatic heterocycles. The number of nitrogens with one attached hydrogen (secondary N) is 1. The summed E-state index contributed by atoms with van der Waals surface area (Å²) in [6.07, 6.45) is 2.51. The molecule has 2 nitrogen and oxygen atoms in total. The van der Waals surface area contributed by atoms with Gasteiger partial charge in [0, 0.05) is 24.3 Å². The third-order valence-corrected chi connectivity index (χ3v) is 4.65. The standard InChI is InChI=1S/C17H27FN2/c1-5-19-13(3)16-11-15(18)8-9-17(16)20-10-6-7-12(2)14(20)4/h8-9,11-14,19H,5-7,10H2,1-4H3. The van der Waals surface area contributed by atoms with Gasteiger partial charge in [0.25, 0.3) is 0 Å². The molecule has 0 amide bonds. The van der Waals surface area contributed by atoms with Crippen molar-refractivity contribution in [2.45, 2.75) is 52.6 Å². The minimum Gasteiger partial charge on any atom is -0.368 e. The van der Waals surface area contributed by atoms with Gasteiger partial charge in [-0.3, -0.25) is 0 Å². The van der Waals surface area contributed by atoms with E-state index in [9.17, 15) is 4.39 Å². The topological polar surface area (TPSA) is 15.3 Å². The van der Waals surface area contributed by atoms with Gasteiger partial charge in [-0.15, -0.1) is 0 Å².